The maximum absolute atomic E-state index is 13.3. The molecule has 0 bridgehead atoms. The van der Waals surface area contributed by atoms with Crippen LogP contribution in [-0.4, -0.2) is 19.2 Å². The van der Waals surface area contributed by atoms with Crippen molar-refractivity contribution in [3.8, 4) is 0 Å². The third-order valence-corrected chi connectivity index (χ3v) is 6.92. The van der Waals surface area contributed by atoms with Crippen molar-refractivity contribution in [2.75, 3.05) is 13.3 Å². The van der Waals surface area contributed by atoms with Crippen LogP contribution in [0.3, 0.4) is 0 Å². The lowest BCUT2D eigenvalue weighted by molar-refractivity contribution is -0.149. The first-order valence-corrected chi connectivity index (χ1v) is 11.3. The minimum Gasteiger partial charge on any atom is -0.461 e. The second kappa shape index (κ2) is 10.4. The Bertz CT molecular complexity index is 743. The minimum absolute atomic E-state index is 0.199. The summed E-state index contributed by atoms with van der Waals surface area (Å²) >= 11 is 0. The van der Waals surface area contributed by atoms with E-state index in [-0.39, 0.29) is 18.7 Å². The third kappa shape index (κ3) is 7.32. The Morgan fingerprint density at radius 3 is 2.04 bits per heavy atom. The highest BCUT2D eigenvalue weighted by Crippen LogP contribution is 2.51. The maximum atomic E-state index is 13.3. The van der Waals surface area contributed by atoms with Crippen LogP contribution in [0.1, 0.15) is 31.4 Å². The van der Waals surface area contributed by atoms with Crippen molar-refractivity contribution in [3.63, 3.8) is 0 Å². The van der Waals surface area contributed by atoms with E-state index in [4.69, 9.17) is 9.26 Å². The van der Waals surface area contributed by atoms with Gasteiger partial charge in [-0.3, -0.25) is 9.36 Å². The Morgan fingerprint density at radius 2 is 1.52 bits per heavy atom. The number of benzene rings is 2. The molecule has 0 N–H and O–H groups in total. The van der Waals surface area contributed by atoms with Crippen LogP contribution in [0.2, 0.25) is 0 Å². The van der Waals surface area contributed by atoms with Gasteiger partial charge in [-0.2, -0.15) is 0 Å². The first-order chi connectivity index (χ1) is 12.9. The van der Waals surface area contributed by atoms with Crippen LogP contribution in [0.5, 0.6) is 0 Å². The molecule has 0 radical (unpaired) electrons. The lowest BCUT2D eigenvalue weighted by atomic mass is 9.99. The van der Waals surface area contributed by atoms with Gasteiger partial charge in [-0.05, 0) is 23.5 Å². The average Bonchev–Trinajstić information content (AvgIpc) is 2.67. The fraction of sp³-hybridized carbons (Fsp3) is 0.409. The molecule has 2 rings (SSSR count). The van der Waals surface area contributed by atoms with E-state index in [0.717, 1.165) is 11.1 Å². The molecule has 5 heteroatoms. The summed E-state index contributed by atoms with van der Waals surface area (Å²) < 4.78 is 24.2. The normalized spacial score (nSPS) is 14.5. The van der Waals surface area contributed by atoms with Crippen molar-refractivity contribution in [2.24, 2.45) is 11.8 Å². The highest BCUT2D eigenvalue weighted by molar-refractivity contribution is 7.58. The Balaban J connectivity index is 2.06. The van der Waals surface area contributed by atoms with E-state index in [1.54, 1.807) is 0 Å². The second-order valence-corrected chi connectivity index (χ2v) is 9.92. The summed E-state index contributed by atoms with van der Waals surface area (Å²) in [5.74, 6) is -0.456. The molecule has 2 atom stereocenters. The molecule has 0 saturated heterocycles. The van der Waals surface area contributed by atoms with Gasteiger partial charge in [-0.25, -0.2) is 0 Å². The van der Waals surface area contributed by atoms with E-state index >= 15 is 0 Å². The van der Waals surface area contributed by atoms with Gasteiger partial charge in [0.1, 0.15) is 6.61 Å². The van der Waals surface area contributed by atoms with Crippen LogP contribution in [0.4, 0.5) is 0 Å². The van der Waals surface area contributed by atoms with Crippen LogP contribution >= 0.6 is 7.37 Å². The summed E-state index contributed by atoms with van der Waals surface area (Å²) in [6.45, 7) is 4.32. The minimum atomic E-state index is -2.98. The van der Waals surface area contributed by atoms with Crippen LogP contribution in [-0.2, 0) is 31.4 Å². The smallest absolute Gasteiger partial charge is 0.309 e. The zero-order valence-corrected chi connectivity index (χ0v) is 17.2. The molecule has 0 amide bonds. The summed E-state index contributed by atoms with van der Waals surface area (Å²) in [6.07, 6.45) is 1.14. The van der Waals surface area contributed by atoms with E-state index < -0.39 is 13.3 Å². The zero-order chi connectivity index (χ0) is 19.7. The molecule has 146 valence electrons. The number of carbonyl (C=O) groups is 1. The van der Waals surface area contributed by atoms with Gasteiger partial charge in [-0.15, -0.1) is 0 Å². The molecule has 0 aliphatic rings. The van der Waals surface area contributed by atoms with Crippen molar-refractivity contribution >= 4 is 13.3 Å². The van der Waals surface area contributed by atoms with Gasteiger partial charge in [0.15, 0.2) is 0 Å². The monoisotopic (exact) mass is 388 g/mol. The Labute approximate surface area is 162 Å². The second-order valence-electron chi connectivity index (χ2n) is 7.24. The fourth-order valence-electron chi connectivity index (χ4n) is 3.06. The van der Waals surface area contributed by atoms with E-state index in [2.05, 4.69) is 0 Å². The summed E-state index contributed by atoms with van der Waals surface area (Å²) in [5, 5.41) is 0. The highest BCUT2D eigenvalue weighted by atomic mass is 31.2. The average molecular weight is 388 g/mol. The Kier molecular flexibility index (Phi) is 8.27. The van der Waals surface area contributed by atoms with Gasteiger partial charge in [-0.1, -0.05) is 74.5 Å². The molecule has 2 aromatic carbocycles. The maximum Gasteiger partial charge on any atom is 0.309 e. The van der Waals surface area contributed by atoms with Crippen LogP contribution in [0, 0.1) is 11.8 Å². The quantitative estimate of drug-likeness (QED) is 0.397. The van der Waals surface area contributed by atoms with Gasteiger partial charge in [0.05, 0.1) is 5.92 Å². The molecule has 0 aromatic heterocycles. The number of hydrogen-bond donors (Lipinski definition) is 0. The SMILES string of the molecule is COP(=O)(Cc1ccccc1)C[C@@H](CC(C)C)C(=O)OCc1ccccc1. The first kappa shape index (κ1) is 21.4. The number of hydrogen-bond acceptors (Lipinski definition) is 4. The predicted octanol–water partition coefficient (Wildman–Crippen LogP) is 5.52. The summed E-state index contributed by atoms with van der Waals surface area (Å²) in [6, 6.07) is 19.2. The number of rotatable bonds is 10. The van der Waals surface area contributed by atoms with Crippen molar-refractivity contribution < 1.29 is 18.6 Å². The van der Waals surface area contributed by atoms with E-state index in [0.29, 0.717) is 18.5 Å². The van der Waals surface area contributed by atoms with Gasteiger partial charge in [0.25, 0.3) is 0 Å². The van der Waals surface area contributed by atoms with Crippen molar-refractivity contribution in [3.05, 3.63) is 71.8 Å². The van der Waals surface area contributed by atoms with Gasteiger partial charge >= 0.3 is 5.97 Å². The lowest BCUT2D eigenvalue weighted by Gasteiger charge is -2.23. The van der Waals surface area contributed by atoms with Crippen LogP contribution < -0.4 is 0 Å². The zero-order valence-electron chi connectivity index (χ0n) is 16.3. The molecule has 0 fully saturated rings. The predicted molar refractivity (Wildman–Crippen MR) is 109 cm³/mol. The molecule has 0 spiro atoms. The molecule has 27 heavy (non-hydrogen) atoms. The van der Waals surface area contributed by atoms with E-state index in [1.165, 1.54) is 7.11 Å². The number of carbonyl (C=O) groups excluding carboxylic acids is 1. The summed E-state index contributed by atoms with van der Waals surface area (Å²) in [4.78, 5) is 12.7. The molecular formula is C22H29O4P. The highest BCUT2D eigenvalue weighted by Gasteiger charge is 2.32. The number of ether oxygens (including phenoxy) is 1. The van der Waals surface area contributed by atoms with Gasteiger partial charge < -0.3 is 9.26 Å². The van der Waals surface area contributed by atoms with Gasteiger partial charge in [0, 0.05) is 19.4 Å². The summed E-state index contributed by atoms with van der Waals surface area (Å²) in [5.41, 5.74) is 1.89. The van der Waals surface area contributed by atoms with Crippen molar-refractivity contribution in [1.29, 1.82) is 0 Å². The molecule has 0 aliphatic carbocycles. The molecule has 0 heterocycles. The molecule has 0 saturated carbocycles. The molecule has 1 unspecified atom stereocenters. The van der Waals surface area contributed by atoms with Crippen molar-refractivity contribution in [1.82, 2.24) is 0 Å². The standard InChI is InChI=1S/C22H29O4P/c1-18(2)14-21(22(23)26-15-19-10-6-4-7-11-19)17-27(24,25-3)16-20-12-8-5-9-13-20/h4-13,18,21H,14-17H2,1-3H3/t21-,27?/m1/s1. The fourth-order valence-corrected chi connectivity index (χ4v) is 5.21. The molecule has 0 aliphatic heterocycles. The van der Waals surface area contributed by atoms with Crippen LogP contribution in [0.15, 0.2) is 60.7 Å². The largest absolute Gasteiger partial charge is 0.461 e. The van der Waals surface area contributed by atoms with Gasteiger partial charge in [0.2, 0.25) is 7.37 Å². The molecule has 4 nitrogen and oxygen atoms in total. The summed E-state index contributed by atoms with van der Waals surface area (Å²) in [7, 11) is -1.52. The van der Waals surface area contributed by atoms with E-state index in [1.807, 2.05) is 74.5 Å². The topological polar surface area (TPSA) is 52.6 Å². The molecule has 2 aromatic rings. The first-order valence-electron chi connectivity index (χ1n) is 9.30. The molecular weight excluding hydrogens is 359 g/mol. The number of esters is 1. The Hall–Kier alpha value is -1.90. The van der Waals surface area contributed by atoms with Crippen LogP contribution in [0.25, 0.3) is 0 Å². The third-order valence-electron chi connectivity index (χ3n) is 4.41. The van der Waals surface area contributed by atoms with E-state index in [9.17, 15) is 9.36 Å². The Morgan fingerprint density at radius 1 is 0.963 bits per heavy atom. The lowest BCUT2D eigenvalue weighted by Crippen LogP contribution is -2.24. The van der Waals surface area contributed by atoms with Crippen molar-refractivity contribution in [2.45, 2.75) is 33.0 Å².